The van der Waals surface area contributed by atoms with Crippen LogP contribution in [0.3, 0.4) is 0 Å². The maximum absolute atomic E-state index is 2.46. The summed E-state index contributed by atoms with van der Waals surface area (Å²) >= 11 is 0. The lowest BCUT2D eigenvalue weighted by molar-refractivity contribution is 1.20. The Hall–Kier alpha value is -8.72. The Morgan fingerprint density at radius 1 is 0.273 bits per heavy atom. The van der Waals surface area contributed by atoms with Crippen LogP contribution in [-0.2, 0) is 0 Å². The van der Waals surface area contributed by atoms with Gasteiger partial charge >= 0.3 is 0 Å². The zero-order valence-electron chi connectivity index (χ0n) is 36.1. The average molecular weight is 839 g/mol. The van der Waals surface area contributed by atoms with Gasteiger partial charge in [0, 0.05) is 32.9 Å². The molecule has 0 saturated heterocycles. The summed E-state index contributed by atoms with van der Waals surface area (Å²) in [5.74, 6) is 0. The first-order chi connectivity index (χ1) is 32.7. The molecule has 0 aliphatic heterocycles. The minimum Gasteiger partial charge on any atom is -0.310 e. The zero-order chi connectivity index (χ0) is 43.6. The number of aromatic nitrogens is 1. The predicted octanol–water partition coefficient (Wildman–Crippen LogP) is 17.8. The Kier molecular flexibility index (Phi) is 8.89. The van der Waals surface area contributed by atoms with Gasteiger partial charge in [0.2, 0.25) is 0 Å². The first-order valence-corrected chi connectivity index (χ1v) is 22.8. The third-order valence-electron chi connectivity index (χ3n) is 13.5. The van der Waals surface area contributed by atoms with Crippen LogP contribution in [0.15, 0.2) is 255 Å². The molecule has 12 aromatic carbocycles. The fourth-order valence-corrected chi connectivity index (χ4v) is 10.5. The summed E-state index contributed by atoms with van der Waals surface area (Å²) in [6.07, 6.45) is 0. The molecule has 0 radical (unpaired) electrons. The van der Waals surface area contributed by atoms with E-state index < -0.39 is 0 Å². The molecule has 0 fully saturated rings. The highest BCUT2D eigenvalue weighted by atomic mass is 15.1. The Morgan fingerprint density at radius 2 is 0.758 bits per heavy atom. The number of benzene rings is 12. The van der Waals surface area contributed by atoms with Gasteiger partial charge in [-0.15, -0.1) is 0 Å². The molecule has 0 amide bonds. The van der Waals surface area contributed by atoms with Crippen molar-refractivity contribution in [3.8, 4) is 50.2 Å². The Bertz CT molecular complexity index is 3870. The Labute approximate surface area is 383 Å². The molecule has 13 aromatic rings. The molecule has 0 spiro atoms. The SMILES string of the molecule is c1ccc(-c2cccc(-c3cccc(N(c4ccc(-c5ccccc5-c5ccccc5)cc4)c4ccc5ccc6c(-n7c8ccccc8c8ccccc87)ccc7ccc4c5c76)c3)c2)cc1. The highest BCUT2D eigenvalue weighted by molar-refractivity contribution is 6.27. The second-order valence-electron chi connectivity index (χ2n) is 17.3. The van der Waals surface area contributed by atoms with Crippen molar-refractivity contribution >= 4 is 71.2 Å². The molecule has 2 heteroatoms. The van der Waals surface area contributed by atoms with Crippen molar-refractivity contribution in [1.29, 1.82) is 0 Å². The number of anilines is 3. The van der Waals surface area contributed by atoms with Gasteiger partial charge in [-0.3, -0.25) is 0 Å². The lowest BCUT2D eigenvalue weighted by Gasteiger charge is -2.28. The molecule has 0 saturated carbocycles. The average Bonchev–Trinajstić information content (AvgIpc) is 3.73. The molecule has 1 aromatic heterocycles. The number of hydrogen-bond donors (Lipinski definition) is 0. The van der Waals surface area contributed by atoms with E-state index in [2.05, 4.69) is 264 Å². The van der Waals surface area contributed by atoms with Gasteiger partial charge in [0.05, 0.1) is 22.4 Å². The van der Waals surface area contributed by atoms with Crippen LogP contribution in [0.4, 0.5) is 17.1 Å². The lowest BCUT2D eigenvalue weighted by Crippen LogP contribution is -2.11. The Balaban J connectivity index is 1.01. The highest BCUT2D eigenvalue weighted by Crippen LogP contribution is 2.47. The topological polar surface area (TPSA) is 8.17 Å². The van der Waals surface area contributed by atoms with E-state index in [4.69, 9.17) is 0 Å². The smallest absolute Gasteiger partial charge is 0.0541 e. The first kappa shape index (κ1) is 37.8. The molecule has 13 rings (SSSR count). The van der Waals surface area contributed by atoms with E-state index in [-0.39, 0.29) is 0 Å². The van der Waals surface area contributed by atoms with Gasteiger partial charge in [-0.25, -0.2) is 0 Å². The van der Waals surface area contributed by atoms with Crippen LogP contribution in [0, 0.1) is 0 Å². The van der Waals surface area contributed by atoms with E-state index >= 15 is 0 Å². The van der Waals surface area contributed by atoms with E-state index in [1.54, 1.807) is 0 Å². The van der Waals surface area contributed by atoms with E-state index in [1.165, 1.54) is 98.8 Å². The zero-order valence-corrected chi connectivity index (χ0v) is 36.1. The van der Waals surface area contributed by atoms with Crippen molar-refractivity contribution in [2.45, 2.75) is 0 Å². The first-order valence-electron chi connectivity index (χ1n) is 22.8. The van der Waals surface area contributed by atoms with Crippen molar-refractivity contribution in [3.63, 3.8) is 0 Å². The van der Waals surface area contributed by atoms with E-state index in [9.17, 15) is 0 Å². The number of hydrogen-bond acceptors (Lipinski definition) is 1. The van der Waals surface area contributed by atoms with Gasteiger partial charge in [-0.05, 0) is 121 Å². The van der Waals surface area contributed by atoms with Crippen molar-refractivity contribution in [3.05, 3.63) is 255 Å². The van der Waals surface area contributed by atoms with Crippen LogP contribution in [0.5, 0.6) is 0 Å². The third-order valence-corrected chi connectivity index (χ3v) is 13.5. The van der Waals surface area contributed by atoms with Gasteiger partial charge in [0.25, 0.3) is 0 Å². The summed E-state index contributed by atoms with van der Waals surface area (Å²) in [4.78, 5) is 2.46. The molecule has 0 unspecified atom stereocenters. The van der Waals surface area contributed by atoms with Crippen LogP contribution in [-0.4, -0.2) is 4.57 Å². The molecule has 0 atom stereocenters. The largest absolute Gasteiger partial charge is 0.310 e. The standard InChI is InChI=1S/C64H42N2/c1-3-15-43(16-4-1)48-19-13-20-49(41-48)50-21-14-22-52(42-50)65(51-35-29-45(30-36-51)54-24-8-7-23-53(54)44-17-5-2-6-18-44)61-39-33-46-32-38-58-62(40-34-47-31-37-57(61)63(46)64(47)58)66-59-27-11-9-25-55(59)56-26-10-12-28-60(56)66/h1-42H. The number of rotatable bonds is 8. The minimum absolute atomic E-state index is 1.09. The van der Waals surface area contributed by atoms with E-state index in [1.807, 2.05) is 0 Å². The molecular weight excluding hydrogens is 797 g/mol. The molecule has 2 nitrogen and oxygen atoms in total. The summed E-state index contributed by atoms with van der Waals surface area (Å²) in [6, 6.07) is 93.3. The van der Waals surface area contributed by atoms with Gasteiger partial charge < -0.3 is 9.47 Å². The molecule has 0 N–H and O–H groups in total. The van der Waals surface area contributed by atoms with E-state index in [0.717, 1.165) is 22.6 Å². The summed E-state index contributed by atoms with van der Waals surface area (Å²) in [5, 5.41) is 9.99. The number of nitrogens with zero attached hydrogens (tertiary/aromatic N) is 2. The second-order valence-corrected chi connectivity index (χ2v) is 17.3. The van der Waals surface area contributed by atoms with Crippen LogP contribution >= 0.6 is 0 Å². The van der Waals surface area contributed by atoms with Crippen molar-refractivity contribution in [1.82, 2.24) is 4.57 Å². The molecule has 0 aliphatic carbocycles. The molecule has 1 heterocycles. The molecule has 0 bridgehead atoms. The predicted molar refractivity (Wildman–Crippen MR) is 281 cm³/mol. The van der Waals surface area contributed by atoms with Crippen molar-refractivity contribution in [2.24, 2.45) is 0 Å². The third kappa shape index (κ3) is 6.18. The molecule has 308 valence electrons. The quantitative estimate of drug-likeness (QED) is 0.138. The van der Waals surface area contributed by atoms with Gasteiger partial charge in [0.1, 0.15) is 0 Å². The van der Waals surface area contributed by atoms with Gasteiger partial charge in [0.15, 0.2) is 0 Å². The normalized spacial score (nSPS) is 11.6. The van der Waals surface area contributed by atoms with E-state index in [0.29, 0.717) is 0 Å². The second kappa shape index (κ2) is 15.5. The summed E-state index contributed by atoms with van der Waals surface area (Å²) in [6.45, 7) is 0. The molecule has 0 aliphatic rings. The highest BCUT2D eigenvalue weighted by Gasteiger charge is 2.22. The monoisotopic (exact) mass is 838 g/mol. The summed E-state index contributed by atoms with van der Waals surface area (Å²) in [7, 11) is 0. The lowest BCUT2D eigenvalue weighted by atomic mass is 9.92. The maximum Gasteiger partial charge on any atom is 0.0541 e. The fourth-order valence-electron chi connectivity index (χ4n) is 10.5. The summed E-state index contributed by atoms with van der Waals surface area (Å²) in [5.41, 5.74) is 16.5. The van der Waals surface area contributed by atoms with Crippen LogP contribution in [0.1, 0.15) is 0 Å². The number of para-hydroxylation sites is 2. The molecular formula is C64H42N2. The van der Waals surface area contributed by atoms with Crippen LogP contribution in [0.2, 0.25) is 0 Å². The van der Waals surface area contributed by atoms with Gasteiger partial charge in [-0.1, -0.05) is 200 Å². The summed E-state index contributed by atoms with van der Waals surface area (Å²) < 4.78 is 2.46. The van der Waals surface area contributed by atoms with Crippen molar-refractivity contribution in [2.75, 3.05) is 4.90 Å². The Morgan fingerprint density at radius 3 is 1.44 bits per heavy atom. The minimum atomic E-state index is 1.09. The molecule has 66 heavy (non-hydrogen) atoms. The van der Waals surface area contributed by atoms with Crippen molar-refractivity contribution < 1.29 is 0 Å². The van der Waals surface area contributed by atoms with Crippen LogP contribution in [0.25, 0.3) is 104 Å². The maximum atomic E-state index is 2.46. The fraction of sp³-hybridized carbons (Fsp3) is 0. The van der Waals surface area contributed by atoms with Crippen LogP contribution < -0.4 is 4.90 Å². The van der Waals surface area contributed by atoms with Gasteiger partial charge in [-0.2, -0.15) is 0 Å². The number of fused-ring (bicyclic) bond motifs is 3.